The van der Waals surface area contributed by atoms with Crippen LogP contribution in [0.2, 0.25) is 0 Å². The van der Waals surface area contributed by atoms with Gasteiger partial charge in [-0.25, -0.2) is 8.42 Å². The second-order valence-electron chi connectivity index (χ2n) is 7.35. The molecule has 6 heteroatoms. The van der Waals surface area contributed by atoms with Crippen molar-refractivity contribution < 1.29 is 13.2 Å². The number of hydrogen-bond acceptors (Lipinski definition) is 3. The van der Waals surface area contributed by atoms with Crippen LogP contribution in [0, 0.1) is 26.7 Å². The number of anilines is 1. The molecule has 0 fully saturated rings. The van der Waals surface area contributed by atoms with Crippen LogP contribution < -0.4 is 10.0 Å². The van der Waals surface area contributed by atoms with Gasteiger partial charge in [-0.15, -0.1) is 0 Å². The first-order chi connectivity index (χ1) is 12.6. The fourth-order valence-corrected chi connectivity index (χ4v) is 4.16. The van der Waals surface area contributed by atoms with Gasteiger partial charge < -0.3 is 5.32 Å². The molecule has 0 atom stereocenters. The van der Waals surface area contributed by atoms with E-state index in [1.807, 2.05) is 32.9 Å². The lowest BCUT2D eigenvalue weighted by molar-refractivity contribution is 0.0952. The summed E-state index contributed by atoms with van der Waals surface area (Å²) in [5.74, 6) is 0.220. The van der Waals surface area contributed by atoms with E-state index in [0.717, 1.165) is 23.1 Å². The van der Waals surface area contributed by atoms with Crippen LogP contribution in [0.15, 0.2) is 41.3 Å². The zero-order valence-corrected chi connectivity index (χ0v) is 17.4. The maximum Gasteiger partial charge on any atom is 0.261 e. The first-order valence-electron chi connectivity index (χ1n) is 9.09. The molecule has 0 radical (unpaired) electrons. The van der Waals surface area contributed by atoms with Gasteiger partial charge in [-0.3, -0.25) is 9.52 Å². The average molecular weight is 389 g/mol. The van der Waals surface area contributed by atoms with Crippen molar-refractivity contribution in [3.63, 3.8) is 0 Å². The number of carbonyl (C=O) groups is 1. The zero-order valence-electron chi connectivity index (χ0n) is 16.6. The lowest BCUT2D eigenvalue weighted by Gasteiger charge is -2.15. The molecule has 0 saturated carbocycles. The topological polar surface area (TPSA) is 75.3 Å². The smallest absolute Gasteiger partial charge is 0.261 e. The van der Waals surface area contributed by atoms with Crippen molar-refractivity contribution >= 4 is 21.6 Å². The number of sulfonamides is 1. The van der Waals surface area contributed by atoms with E-state index in [4.69, 9.17) is 0 Å². The van der Waals surface area contributed by atoms with Gasteiger partial charge in [0, 0.05) is 12.1 Å². The highest BCUT2D eigenvalue weighted by atomic mass is 32.2. The molecule has 2 rings (SSSR count). The molecule has 0 bridgehead atoms. The Morgan fingerprint density at radius 2 is 1.67 bits per heavy atom. The van der Waals surface area contributed by atoms with Crippen molar-refractivity contribution in [3.8, 4) is 0 Å². The number of hydrogen-bond donors (Lipinski definition) is 2. The molecule has 0 unspecified atom stereocenters. The summed E-state index contributed by atoms with van der Waals surface area (Å²) in [6, 6.07) is 9.97. The number of carbonyl (C=O) groups excluding carboxylic acids is 1. The molecule has 146 valence electrons. The van der Waals surface area contributed by atoms with Crippen LogP contribution in [0.5, 0.6) is 0 Å². The maximum atomic E-state index is 12.8. The van der Waals surface area contributed by atoms with Crippen LogP contribution in [0.1, 0.15) is 47.3 Å². The molecule has 0 heterocycles. The number of benzene rings is 2. The predicted octanol–water partition coefficient (Wildman–Crippen LogP) is 4.19. The lowest BCUT2D eigenvalue weighted by atomic mass is 10.1. The highest BCUT2D eigenvalue weighted by Gasteiger charge is 2.18. The highest BCUT2D eigenvalue weighted by molar-refractivity contribution is 7.92. The zero-order chi connectivity index (χ0) is 20.2. The fourth-order valence-electron chi connectivity index (χ4n) is 2.92. The summed E-state index contributed by atoms with van der Waals surface area (Å²) >= 11 is 0. The maximum absolute atomic E-state index is 12.8. The van der Waals surface area contributed by atoms with Crippen molar-refractivity contribution in [2.24, 2.45) is 5.92 Å². The van der Waals surface area contributed by atoms with Gasteiger partial charge in [-0.2, -0.15) is 0 Å². The fraction of sp³-hybridized carbons (Fsp3) is 0.381. The molecule has 2 aromatic rings. The summed E-state index contributed by atoms with van der Waals surface area (Å²) in [6.07, 6.45) is 0.872. The van der Waals surface area contributed by atoms with Crippen LogP contribution in [-0.2, 0) is 10.0 Å². The second kappa shape index (κ2) is 8.57. The summed E-state index contributed by atoms with van der Waals surface area (Å²) < 4.78 is 28.3. The first kappa shape index (κ1) is 21.0. The summed E-state index contributed by atoms with van der Waals surface area (Å²) in [5, 5.41) is 2.83. The Morgan fingerprint density at radius 3 is 2.26 bits per heavy atom. The number of nitrogens with one attached hydrogen (secondary N) is 2. The molecular formula is C21H28N2O3S. The van der Waals surface area contributed by atoms with E-state index in [1.54, 1.807) is 12.1 Å². The third-order valence-electron chi connectivity index (χ3n) is 4.33. The standard InChI is InChI=1S/C21H28N2O3S/c1-14(2)9-10-22-21(24)18-7-6-8-19(13-18)27(25,26)23-20-16(4)11-15(3)12-17(20)5/h6-8,11-14,23H,9-10H2,1-5H3,(H,22,24). The van der Waals surface area contributed by atoms with Gasteiger partial charge in [0.25, 0.3) is 15.9 Å². The summed E-state index contributed by atoms with van der Waals surface area (Å²) in [5.41, 5.74) is 3.71. The van der Waals surface area contributed by atoms with Crippen molar-refractivity contribution in [3.05, 3.63) is 58.7 Å². The van der Waals surface area contributed by atoms with Crippen LogP contribution in [0.3, 0.4) is 0 Å². The van der Waals surface area contributed by atoms with E-state index < -0.39 is 10.0 Å². The van der Waals surface area contributed by atoms with Crippen molar-refractivity contribution in [1.29, 1.82) is 0 Å². The minimum atomic E-state index is -3.79. The van der Waals surface area contributed by atoms with E-state index in [2.05, 4.69) is 23.9 Å². The Hall–Kier alpha value is -2.34. The molecule has 1 amide bonds. The Kier molecular flexibility index (Phi) is 6.65. The number of aryl methyl sites for hydroxylation is 3. The number of rotatable bonds is 7. The van der Waals surface area contributed by atoms with Crippen molar-refractivity contribution in [2.75, 3.05) is 11.3 Å². The molecule has 0 aromatic heterocycles. The van der Waals surface area contributed by atoms with Crippen LogP contribution in [0.25, 0.3) is 0 Å². The minimum Gasteiger partial charge on any atom is -0.352 e. The molecule has 27 heavy (non-hydrogen) atoms. The average Bonchev–Trinajstić information content (AvgIpc) is 2.58. The molecular weight excluding hydrogens is 360 g/mol. The summed E-state index contributed by atoms with van der Waals surface area (Å²) in [4.78, 5) is 12.4. The van der Waals surface area contributed by atoms with E-state index in [1.165, 1.54) is 12.1 Å². The van der Waals surface area contributed by atoms with Gasteiger partial charge in [-0.05, 0) is 62.4 Å². The molecule has 5 nitrogen and oxygen atoms in total. The Bertz CT molecular complexity index is 911. The van der Waals surface area contributed by atoms with Gasteiger partial charge in [0.2, 0.25) is 0 Å². The molecule has 0 aliphatic carbocycles. The highest BCUT2D eigenvalue weighted by Crippen LogP contribution is 2.25. The van der Waals surface area contributed by atoms with Crippen LogP contribution >= 0.6 is 0 Å². The van der Waals surface area contributed by atoms with Gasteiger partial charge >= 0.3 is 0 Å². The number of amides is 1. The largest absolute Gasteiger partial charge is 0.352 e. The van der Waals surface area contributed by atoms with Crippen molar-refractivity contribution in [2.45, 2.75) is 45.9 Å². The van der Waals surface area contributed by atoms with E-state index in [-0.39, 0.29) is 10.8 Å². The predicted molar refractivity (Wildman–Crippen MR) is 110 cm³/mol. The molecule has 0 aliphatic rings. The molecule has 0 saturated heterocycles. The van der Waals surface area contributed by atoms with Crippen LogP contribution in [-0.4, -0.2) is 20.9 Å². The second-order valence-corrected chi connectivity index (χ2v) is 9.03. The van der Waals surface area contributed by atoms with Gasteiger partial charge in [0.1, 0.15) is 0 Å². The Balaban J connectivity index is 2.23. The molecule has 2 aromatic carbocycles. The Morgan fingerprint density at radius 1 is 1.04 bits per heavy atom. The van der Waals surface area contributed by atoms with Gasteiger partial charge in [-0.1, -0.05) is 37.6 Å². The summed E-state index contributed by atoms with van der Waals surface area (Å²) in [7, 11) is -3.79. The third-order valence-corrected chi connectivity index (χ3v) is 5.67. The van der Waals surface area contributed by atoms with Crippen LogP contribution in [0.4, 0.5) is 5.69 Å². The quantitative estimate of drug-likeness (QED) is 0.747. The van der Waals surface area contributed by atoms with Gasteiger partial charge in [0.05, 0.1) is 10.6 Å². The SMILES string of the molecule is Cc1cc(C)c(NS(=O)(=O)c2cccc(C(=O)NCCC(C)C)c2)c(C)c1. The van der Waals surface area contributed by atoms with Crippen molar-refractivity contribution in [1.82, 2.24) is 5.32 Å². The summed E-state index contributed by atoms with van der Waals surface area (Å²) in [6.45, 7) is 10.4. The normalized spacial score (nSPS) is 11.5. The minimum absolute atomic E-state index is 0.0679. The van der Waals surface area contributed by atoms with E-state index >= 15 is 0 Å². The first-order valence-corrected chi connectivity index (χ1v) is 10.6. The lowest BCUT2D eigenvalue weighted by Crippen LogP contribution is -2.25. The molecule has 0 aliphatic heterocycles. The van der Waals surface area contributed by atoms with E-state index in [0.29, 0.717) is 23.7 Å². The monoisotopic (exact) mass is 388 g/mol. The molecule has 0 spiro atoms. The van der Waals surface area contributed by atoms with Gasteiger partial charge in [0.15, 0.2) is 0 Å². The third kappa shape index (κ3) is 5.57. The molecule has 2 N–H and O–H groups in total. The Labute approximate surface area is 162 Å². The van der Waals surface area contributed by atoms with E-state index in [9.17, 15) is 13.2 Å².